The van der Waals surface area contributed by atoms with Gasteiger partial charge in [0.2, 0.25) is 0 Å². The molecule has 2 nitrogen and oxygen atoms in total. The molecule has 0 spiro atoms. The minimum absolute atomic E-state index is 0.289. The van der Waals surface area contributed by atoms with E-state index < -0.39 is 0 Å². The molecule has 0 saturated carbocycles. The molecule has 0 heterocycles. The molecule has 0 saturated heterocycles. The highest BCUT2D eigenvalue weighted by molar-refractivity contribution is 7.98. The fourth-order valence-corrected chi connectivity index (χ4v) is 0.880. The van der Waals surface area contributed by atoms with Gasteiger partial charge in [0.05, 0.1) is 6.10 Å². The topological polar surface area (TPSA) is 46.2 Å². The normalized spacial score (nSPS) is 13.9. The number of hydrogen-bond donors (Lipinski definition) is 2. The second-order valence-electron chi connectivity index (χ2n) is 1.67. The van der Waals surface area contributed by atoms with Crippen LogP contribution >= 0.6 is 11.8 Å². The Bertz CT molecular complexity index is 51.7. The molecule has 3 heteroatoms. The molecular weight excluding hydrogens is 122 g/mol. The van der Waals surface area contributed by atoms with Gasteiger partial charge in [-0.15, -0.1) is 0 Å². The Morgan fingerprint density at radius 1 is 1.75 bits per heavy atom. The van der Waals surface area contributed by atoms with Gasteiger partial charge >= 0.3 is 0 Å². The number of nitrogens with two attached hydrogens (primary N) is 1. The highest BCUT2D eigenvalue weighted by Crippen LogP contribution is 1.97. The molecule has 0 radical (unpaired) electrons. The van der Waals surface area contributed by atoms with Crippen molar-refractivity contribution in [1.29, 1.82) is 0 Å². The summed E-state index contributed by atoms with van der Waals surface area (Å²) < 4.78 is 0. The number of thioether (sulfide) groups is 1. The van der Waals surface area contributed by atoms with Crippen LogP contribution in [0.4, 0.5) is 0 Å². The molecule has 0 fully saturated rings. The molecule has 0 aromatic rings. The summed E-state index contributed by atoms with van der Waals surface area (Å²) >= 11 is 1.73. The first-order valence-electron chi connectivity index (χ1n) is 2.68. The third-order valence-corrected chi connectivity index (χ3v) is 1.57. The quantitative estimate of drug-likeness (QED) is 0.573. The Morgan fingerprint density at radius 2 is 2.38 bits per heavy atom. The third-order valence-electron chi connectivity index (χ3n) is 0.927. The molecule has 0 rings (SSSR count). The largest absolute Gasteiger partial charge is 0.392 e. The summed E-state index contributed by atoms with van der Waals surface area (Å²) in [5, 5.41) is 8.85. The van der Waals surface area contributed by atoms with Gasteiger partial charge in [-0.2, -0.15) is 11.8 Å². The summed E-state index contributed by atoms with van der Waals surface area (Å²) in [5.74, 6) is 0.998. The van der Waals surface area contributed by atoms with Crippen LogP contribution in [0.5, 0.6) is 0 Å². The Balaban J connectivity index is 2.86. The lowest BCUT2D eigenvalue weighted by Crippen LogP contribution is -2.19. The monoisotopic (exact) mass is 135 g/mol. The van der Waals surface area contributed by atoms with Crippen molar-refractivity contribution in [2.75, 3.05) is 18.6 Å². The number of aliphatic hydroxyl groups is 1. The van der Waals surface area contributed by atoms with Gasteiger partial charge in [0, 0.05) is 6.54 Å². The Hall–Kier alpha value is 0.270. The molecular formula is C5H13NOS. The first kappa shape index (κ1) is 8.27. The van der Waals surface area contributed by atoms with Gasteiger partial charge in [-0.3, -0.25) is 0 Å². The maximum absolute atomic E-state index is 8.85. The Morgan fingerprint density at radius 3 is 2.75 bits per heavy atom. The summed E-state index contributed by atoms with van der Waals surface area (Å²) in [5.41, 5.74) is 5.15. The second kappa shape index (κ2) is 5.41. The number of rotatable bonds is 4. The average molecular weight is 135 g/mol. The van der Waals surface area contributed by atoms with Gasteiger partial charge in [0.15, 0.2) is 0 Å². The lowest BCUT2D eigenvalue weighted by Gasteiger charge is -2.03. The molecule has 0 aromatic carbocycles. The predicted molar refractivity (Wildman–Crippen MR) is 38.1 cm³/mol. The number of aliphatic hydroxyl groups excluding tert-OH is 1. The van der Waals surface area contributed by atoms with Crippen LogP contribution in [-0.2, 0) is 0 Å². The van der Waals surface area contributed by atoms with Crippen LogP contribution in [0, 0.1) is 0 Å². The van der Waals surface area contributed by atoms with Crippen LogP contribution in [0.1, 0.15) is 6.42 Å². The highest BCUT2D eigenvalue weighted by Gasteiger charge is 1.97. The van der Waals surface area contributed by atoms with Crippen molar-refractivity contribution >= 4 is 11.8 Å². The molecule has 0 aliphatic heterocycles. The molecule has 0 aliphatic carbocycles. The minimum Gasteiger partial charge on any atom is -0.392 e. The average Bonchev–Trinajstić information content (AvgIpc) is 1.83. The minimum atomic E-state index is -0.289. The van der Waals surface area contributed by atoms with Crippen molar-refractivity contribution in [3.63, 3.8) is 0 Å². The molecule has 1 atom stereocenters. The van der Waals surface area contributed by atoms with Crippen molar-refractivity contribution in [3.05, 3.63) is 0 Å². The standard InChI is InChI=1S/C5H13NOS/c1-8-3-2-5(7)4-6/h5,7H,2-4,6H2,1H3/t5-/m0/s1. The van der Waals surface area contributed by atoms with E-state index in [0.717, 1.165) is 12.2 Å². The van der Waals surface area contributed by atoms with E-state index in [0.29, 0.717) is 6.54 Å². The van der Waals surface area contributed by atoms with E-state index in [1.807, 2.05) is 6.26 Å². The van der Waals surface area contributed by atoms with E-state index in [1.165, 1.54) is 0 Å². The molecule has 0 bridgehead atoms. The predicted octanol–water partition coefficient (Wildman–Crippen LogP) is 0.0591. The second-order valence-corrected chi connectivity index (χ2v) is 2.66. The molecule has 0 aliphatic rings. The SMILES string of the molecule is CSCC[C@H](O)CN. The summed E-state index contributed by atoms with van der Waals surface area (Å²) in [6.07, 6.45) is 2.54. The van der Waals surface area contributed by atoms with Crippen molar-refractivity contribution in [2.45, 2.75) is 12.5 Å². The zero-order valence-electron chi connectivity index (χ0n) is 5.13. The van der Waals surface area contributed by atoms with Gasteiger partial charge in [-0.25, -0.2) is 0 Å². The zero-order valence-corrected chi connectivity index (χ0v) is 5.95. The van der Waals surface area contributed by atoms with E-state index in [4.69, 9.17) is 10.8 Å². The number of hydrogen-bond acceptors (Lipinski definition) is 3. The van der Waals surface area contributed by atoms with E-state index in [-0.39, 0.29) is 6.10 Å². The van der Waals surface area contributed by atoms with Crippen LogP contribution in [-0.4, -0.2) is 29.8 Å². The maximum Gasteiger partial charge on any atom is 0.0670 e. The van der Waals surface area contributed by atoms with Gasteiger partial charge in [-0.05, 0) is 18.4 Å². The first-order chi connectivity index (χ1) is 3.81. The van der Waals surface area contributed by atoms with Gasteiger partial charge in [0.25, 0.3) is 0 Å². The summed E-state index contributed by atoms with van der Waals surface area (Å²) in [4.78, 5) is 0. The first-order valence-corrected chi connectivity index (χ1v) is 4.07. The van der Waals surface area contributed by atoms with Gasteiger partial charge in [0.1, 0.15) is 0 Å². The fraction of sp³-hybridized carbons (Fsp3) is 1.00. The fourth-order valence-electron chi connectivity index (χ4n) is 0.372. The zero-order chi connectivity index (χ0) is 6.41. The molecule has 50 valence electrons. The summed E-state index contributed by atoms with van der Waals surface area (Å²) in [7, 11) is 0. The molecule has 0 amide bonds. The van der Waals surface area contributed by atoms with E-state index in [9.17, 15) is 0 Å². The van der Waals surface area contributed by atoms with Crippen molar-refractivity contribution < 1.29 is 5.11 Å². The third kappa shape index (κ3) is 4.43. The van der Waals surface area contributed by atoms with Crippen LogP contribution < -0.4 is 5.73 Å². The van der Waals surface area contributed by atoms with Crippen LogP contribution in [0.15, 0.2) is 0 Å². The Labute approximate surface area is 54.5 Å². The molecule has 8 heavy (non-hydrogen) atoms. The summed E-state index contributed by atoms with van der Waals surface area (Å²) in [6, 6.07) is 0. The van der Waals surface area contributed by atoms with E-state index in [2.05, 4.69) is 0 Å². The molecule has 0 aromatic heterocycles. The molecule has 0 unspecified atom stereocenters. The van der Waals surface area contributed by atoms with Crippen molar-refractivity contribution in [2.24, 2.45) is 5.73 Å². The Kier molecular flexibility index (Phi) is 5.59. The van der Waals surface area contributed by atoms with Crippen LogP contribution in [0.25, 0.3) is 0 Å². The van der Waals surface area contributed by atoms with Crippen LogP contribution in [0.2, 0.25) is 0 Å². The van der Waals surface area contributed by atoms with Gasteiger partial charge in [-0.1, -0.05) is 0 Å². The smallest absolute Gasteiger partial charge is 0.0670 e. The van der Waals surface area contributed by atoms with Crippen molar-refractivity contribution in [1.82, 2.24) is 0 Å². The van der Waals surface area contributed by atoms with Gasteiger partial charge < -0.3 is 10.8 Å². The lowest BCUT2D eigenvalue weighted by atomic mass is 10.3. The maximum atomic E-state index is 8.85. The van der Waals surface area contributed by atoms with Crippen molar-refractivity contribution in [3.8, 4) is 0 Å². The molecule has 3 N–H and O–H groups in total. The van der Waals surface area contributed by atoms with E-state index >= 15 is 0 Å². The highest BCUT2D eigenvalue weighted by atomic mass is 32.2. The summed E-state index contributed by atoms with van der Waals surface area (Å²) in [6.45, 7) is 0.389. The van der Waals surface area contributed by atoms with E-state index in [1.54, 1.807) is 11.8 Å². The van der Waals surface area contributed by atoms with Crippen LogP contribution in [0.3, 0.4) is 0 Å². The lowest BCUT2D eigenvalue weighted by molar-refractivity contribution is 0.180.